The fourth-order valence-electron chi connectivity index (χ4n) is 4.59. The van der Waals surface area contributed by atoms with E-state index in [1.165, 1.54) is 0 Å². The van der Waals surface area contributed by atoms with Crippen molar-refractivity contribution in [2.75, 3.05) is 44.6 Å². The molecule has 2 aliphatic rings. The number of morpholine rings is 1. The Morgan fingerprint density at radius 2 is 2.10 bits per heavy atom. The Bertz CT molecular complexity index is 807. The van der Waals surface area contributed by atoms with Crippen molar-refractivity contribution in [2.24, 2.45) is 0 Å². The average molecular weight is 404 g/mol. The number of hydrogen-bond donors (Lipinski definition) is 2. The van der Waals surface area contributed by atoms with Gasteiger partial charge in [0.15, 0.2) is 5.65 Å². The van der Waals surface area contributed by atoms with Crippen molar-refractivity contribution in [3.8, 4) is 0 Å². The van der Waals surface area contributed by atoms with Crippen LogP contribution in [0.15, 0.2) is 18.3 Å². The molecule has 0 spiro atoms. The third-order valence-electron chi connectivity index (χ3n) is 6.05. The maximum Gasteiger partial charge on any atom is 0.160 e. The molecule has 0 aliphatic carbocycles. The number of ether oxygens (including phenoxy) is 1. The lowest BCUT2D eigenvalue weighted by Gasteiger charge is -2.36. The smallest absolute Gasteiger partial charge is 0.160 e. The van der Waals surface area contributed by atoms with E-state index in [-0.39, 0.29) is 5.92 Å². The van der Waals surface area contributed by atoms with Gasteiger partial charge in [-0.25, -0.2) is 9.37 Å². The maximum atomic E-state index is 14.2. The summed E-state index contributed by atoms with van der Waals surface area (Å²) in [6.07, 6.45) is 3.41. The molecular weight excluding hydrogens is 369 g/mol. The maximum absolute atomic E-state index is 14.2. The van der Waals surface area contributed by atoms with Crippen LogP contribution in [0.4, 0.5) is 10.1 Å². The van der Waals surface area contributed by atoms with E-state index in [1.807, 2.05) is 12.3 Å². The Labute approximate surface area is 172 Å². The van der Waals surface area contributed by atoms with Gasteiger partial charge in [-0.15, -0.1) is 0 Å². The fraction of sp³-hybridized carbons (Fsp3) is 0.682. The third-order valence-corrected chi connectivity index (χ3v) is 6.05. The fourth-order valence-corrected chi connectivity index (χ4v) is 4.59. The molecule has 0 saturated carbocycles. The normalized spacial score (nSPS) is 23.0. The number of nitrogens with one attached hydrogen (secondary N) is 2. The number of imidazole rings is 1. The van der Waals surface area contributed by atoms with Crippen molar-refractivity contribution >= 4 is 11.3 Å². The molecule has 2 aliphatic heterocycles. The molecule has 0 bridgehead atoms. The molecule has 1 unspecified atom stereocenters. The van der Waals surface area contributed by atoms with E-state index in [0.29, 0.717) is 17.8 Å². The van der Waals surface area contributed by atoms with Crippen molar-refractivity contribution in [3.05, 3.63) is 29.7 Å². The molecule has 2 atom stereocenters. The van der Waals surface area contributed by atoms with Gasteiger partial charge in [0.1, 0.15) is 6.17 Å². The van der Waals surface area contributed by atoms with E-state index in [0.717, 1.165) is 69.2 Å². The van der Waals surface area contributed by atoms with Gasteiger partial charge in [-0.1, -0.05) is 13.8 Å². The van der Waals surface area contributed by atoms with Gasteiger partial charge in [0.05, 0.1) is 29.8 Å². The van der Waals surface area contributed by atoms with Gasteiger partial charge < -0.3 is 24.7 Å². The van der Waals surface area contributed by atoms with Gasteiger partial charge in [0.2, 0.25) is 0 Å². The Balaban J connectivity index is 1.43. The molecule has 4 heterocycles. The zero-order chi connectivity index (χ0) is 20.4. The van der Waals surface area contributed by atoms with Crippen LogP contribution in [0.5, 0.6) is 0 Å². The summed E-state index contributed by atoms with van der Waals surface area (Å²) in [5, 5.41) is 7.10. The lowest BCUT2D eigenvalue weighted by atomic mass is 10.0. The molecule has 2 N–H and O–H groups in total. The van der Waals surface area contributed by atoms with E-state index in [1.54, 1.807) is 6.92 Å². The first-order valence-electron chi connectivity index (χ1n) is 11.0. The van der Waals surface area contributed by atoms with Crippen LogP contribution in [0, 0.1) is 0 Å². The Hall–Kier alpha value is -1.70. The molecule has 160 valence electrons. The summed E-state index contributed by atoms with van der Waals surface area (Å²) in [7, 11) is 0. The number of hydrogen-bond acceptors (Lipinski definition) is 5. The highest BCUT2D eigenvalue weighted by molar-refractivity contribution is 5.69. The number of anilines is 1. The highest BCUT2D eigenvalue weighted by Gasteiger charge is 2.25. The number of alkyl halides is 1. The monoisotopic (exact) mass is 403 g/mol. The van der Waals surface area contributed by atoms with E-state index in [2.05, 4.69) is 44.8 Å². The van der Waals surface area contributed by atoms with Gasteiger partial charge in [-0.05, 0) is 37.8 Å². The predicted molar refractivity (Wildman–Crippen MR) is 114 cm³/mol. The molecule has 2 aromatic rings. The Morgan fingerprint density at radius 3 is 2.76 bits per heavy atom. The first-order chi connectivity index (χ1) is 14.0. The van der Waals surface area contributed by atoms with Gasteiger partial charge >= 0.3 is 0 Å². The zero-order valence-electron chi connectivity index (χ0n) is 17.8. The van der Waals surface area contributed by atoms with E-state index in [4.69, 9.17) is 4.74 Å². The molecule has 4 rings (SSSR count). The summed E-state index contributed by atoms with van der Waals surface area (Å²) >= 11 is 0. The number of likely N-dealkylation sites (tertiary alicyclic amines) is 1. The summed E-state index contributed by atoms with van der Waals surface area (Å²) in [6, 6.07) is 4.50. The number of aromatic nitrogens is 2. The minimum atomic E-state index is -1.07. The van der Waals surface area contributed by atoms with Crippen LogP contribution >= 0.6 is 0 Å². The molecule has 2 saturated heterocycles. The first-order valence-corrected chi connectivity index (χ1v) is 11.0. The van der Waals surface area contributed by atoms with Crippen LogP contribution in [0.3, 0.4) is 0 Å². The van der Waals surface area contributed by atoms with Crippen LogP contribution in [0.2, 0.25) is 0 Å². The number of pyridine rings is 1. The van der Waals surface area contributed by atoms with Crippen LogP contribution in [0.25, 0.3) is 5.65 Å². The van der Waals surface area contributed by atoms with Crippen LogP contribution in [-0.4, -0.2) is 65.8 Å². The summed E-state index contributed by atoms with van der Waals surface area (Å²) in [5.74, 6) is 0.216. The minimum absolute atomic E-state index is 0.216. The lowest BCUT2D eigenvalue weighted by Crippen LogP contribution is -2.48. The molecule has 0 radical (unpaired) electrons. The van der Waals surface area contributed by atoms with Crippen LogP contribution in [-0.2, 0) is 4.74 Å². The van der Waals surface area contributed by atoms with Crippen LogP contribution < -0.4 is 10.6 Å². The molecule has 0 amide bonds. The number of nitrogens with zero attached hydrogens (tertiary/aromatic N) is 3. The second-order valence-corrected chi connectivity index (χ2v) is 8.68. The average Bonchev–Trinajstić information content (AvgIpc) is 3.12. The van der Waals surface area contributed by atoms with Crippen molar-refractivity contribution in [3.63, 3.8) is 0 Å². The summed E-state index contributed by atoms with van der Waals surface area (Å²) < 4.78 is 22.1. The molecular formula is C22H34FN5O. The molecule has 6 nitrogen and oxygen atoms in total. The Kier molecular flexibility index (Phi) is 6.37. The van der Waals surface area contributed by atoms with Crippen molar-refractivity contribution in [1.29, 1.82) is 0 Å². The number of fused-ring (bicyclic) bond motifs is 1. The molecule has 2 fully saturated rings. The van der Waals surface area contributed by atoms with Crippen LogP contribution in [0.1, 0.15) is 57.1 Å². The third kappa shape index (κ3) is 4.57. The number of halogens is 1. The number of rotatable bonds is 6. The minimum Gasteiger partial charge on any atom is -0.379 e. The Morgan fingerprint density at radius 1 is 1.31 bits per heavy atom. The van der Waals surface area contributed by atoms with Gasteiger partial charge in [-0.2, -0.15) is 0 Å². The predicted octanol–water partition coefficient (Wildman–Crippen LogP) is 3.35. The van der Waals surface area contributed by atoms with E-state index < -0.39 is 6.17 Å². The standard InChI is InChI=1S/C22H34FN5O/c1-15(2)21-20(16(3)23)26-22-19(5-4-9-28(21)22)25-17-6-10-27(11-7-17)14-18-13-24-8-12-29-18/h4-5,9,15-18,24-25H,6-8,10-14H2,1-3H3/t16?,18-/m0/s1. The van der Waals surface area contributed by atoms with Gasteiger partial charge in [0.25, 0.3) is 0 Å². The highest BCUT2D eigenvalue weighted by atomic mass is 19.1. The second kappa shape index (κ2) is 8.98. The molecule has 0 aromatic carbocycles. The first kappa shape index (κ1) is 20.6. The number of piperidine rings is 1. The quantitative estimate of drug-likeness (QED) is 0.775. The van der Waals surface area contributed by atoms with Crippen molar-refractivity contribution in [1.82, 2.24) is 19.6 Å². The summed E-state index contributed by atoms with van der Waals surface area (Å²) in [5.41, 5.74) is 3.36. The molecule has 29 heavy (non-hydrogen) atoms. The van der Waals surface area contributed by atoms with Crippen molar-refractivity contribution in [2.45, 2.75) is 57.8 Å². The second-order valence-electron chi connectivity index (χ2n) is 8.68. The van der Waals surface area contributed by atoms with E-state index >= 15 is 0 Å². The topological polar surface area (TPSA) is 53.8 Å². The SMILES string of the molecule is CC(C)c1c(C(C)F)nc2c(NC3CCN(C[C@@H]4CNCCO4)CC3)cccn12. The van der Waals surface area contributed by atoms with Crippen molar-refractivity contribution < 1.29 is 9.13 Å². The van der Waals surface area contributed by atoms with E-state index in [9.17, 15) is 4.39 Å². The van der Waals surface area contributed by atoms with Gasteiger partial charge in [0, 0.05) is 45.0 Å². The van der Waals surface area contributed by atoms with Gasteiger partial charge in [-0.3, -0.25) is 0 Å². The summed E-state index contributed by atoms with van der Waals surface area (Å²) in [4.78, 5) is 7.19. The summed E-state index contributed by atoms with van der Waals surface area (Å²) in [6.45, 7) is 11.6. The lowest BCUT2D eigenvalue weighted by molar-refractivity contribution is 0.00179. The largest absolute Gasteiger partial charge is 0.379 e. The highest BCUT2D eigenvalue weighted by Crippen LogP contribution is 2.31. The molecule has 7 heteroatoms. The molecule has 2 aromatic heterocycles. The zero-order valence-corrected chi connectivity index (χ0v) is 17.8.